The van der Waals surface area contributed by atoms with Crippen molar-refractivity contribution in [1.29, 1.82) is 0 Å². The Kier molecular flexibility index (Phi) is 6.05. The first-order valence-corrected chi connectivity index (χ1v) is 9.23. The van der Waals surface area contributed by atoms with Gasteiger partial charge in [-0.05, 0) is 43.4 Å². The Morgan fingerprint density at radius 1 is 0.905 bits per heavy atom. The number of hydrogen-bond acceptors (Lipinski definition) is 2. The van der Waals surface area contributed by atoms with Gasteiger partial charge in [0.05, 0.1) is 17.6 Å². The molecule has 120 valence electrons. The SMILES string of the molecule is CC(C)C1CCCCC1(N=C=NC1CCCCC1)C(C)C. The van der Waals surface area contributed by atoms with Crippen LogP contribution >= 0.6 is 0 Å². The van der Waals surface area contributed by atoms with E-state index in [4.69, 9.17) is 4.99 Å². The summed E-state index contributed by atoms with van der Waals surface area (Å²) in [5.74, 6) is 1.98. The molecule has 0 amide bonds. The van der Waals surface area contributed by atoms with Crippen LogP contribution in [0, 0.1) is 17.8 Å². The summed E-state index contributed by atoms with van der Waals surface area (Å²) in [6, 6.07) is 3.68. The lowest BCUT2D eigenvalue weighted by Gasteiger charge is -2.45. The first-order chi connectivity index (χ1) is 10.1. The van der Waals surface area contributed by atoms with Crippen molar-refractivity contribution in [2.24, 2.45) is 27.7 Å². The van der Waals surface area contributed by atoms with Gasteiger partial charge in [0, 0.05) is 0 Å². The Morgan fingerprint density at radius 3 is 2.19 bits per heavy atom. The molecular weight excluding hydrogens is 256 g/mol. The van der Waals surface area contributed by atoms with Crippen molar-refractivity contribution in [3.8, 4) is 0 Å². The summed E-state index contributed by atoms with van der Waals surface area (Å²) in [6.07, 6.45) is 11.8. The van der Waals surface area contributed by atoms with Crippen molar-refractivity contribution < 1.29 is 0 Å². The Bertz CT molecular complexity index is 373. The number of nitrogens with zero attached hydrogens (tertiary/aromatic N) is 2. The molecule has 21 heavy (non-hydrogen) atoms. The van der Waals surface area contributed by atoms with Gasteiger partial charge in [0.15, 0.2) is 0 Å². The topological polar surface area (TPSA) is 24.7 Å². The molecule has 0 N–H and O–H groups in total. The van der Waals surface area contributed by atoms with Gasteiger partial charge < -0.3 is 0 Å². The van der Waals surface area contributed by atoms with E-state index >= 15 is 0 Å². The molecule has 2 unspecified atom stereocenters. The van der Waals surface area contributed by atoms with Crippen LogP contribution in [0.5, 0.6) is 0 Å². The number of aliphatic imine (C=N–C) groups is 2. The van der Waals surface area contributed by atoms with Gasteiger partial charge in [-0.15, -0.1) is 0 Å². The zero-order valence-corrected chi connectivity index (χ0v) is 14.6. The third-order valence-electron chi connectivity index (χ3n) is 5.86. The molecule has 0 aromatic carbocycles. The minimum absolute atomic E-state index is 0.0879. The van der Waals surface area contributed by atoms with E-state index in [1.165, 1.54) is 57.8 Å². The largest absolute Gasteiger partial charge is 0.222 e. The summed E-state index contributed by atoms with van der Waals surface area (Å²) in [6.45, 7) is 9.40. The Morgan fingerprint density at radius 2 is 1.57 bits per heavy atom. The zero-order chi connectivity index (χ0) is 15.3. The molecule has 0 aromatic rings. The molecule has 0 spiro atoms. The number of hydrogen-bond donors (Lipinski definition) is 0. The predicted molar refractivity (Wildman–Crippen MR) is 91.1 cm³/mol. The molecule has 0 heterocycles. The van der Waals surface area contributed by atoms with Crippen LogP contribution in [0.4, 0.5) is 0 Å². The predicted octanol–water partition coefficient (Wildman–Crippen LogP) is 5.73. The quantitative estimate of drug-likeness (QED) is 0.590. The first-order valence-electron chi connectivity index (χ1n) is 9.23. The average Bonchev–Trinajstić information content (AvgIpc) is 2.48. The minimum Gasteiger partial charge on any atom is -0.222 e. The van der Waals surface area contributed by atoms with E-state index < -0.39 is 0 Å². The maximum Gasteiger partial charge on any atom is 0.0901 e. The van der Waals surface area contributed by atoms with Gasteiger partial charge in [-0.1, -0.05) is 59.8 Å². The normalized spacial score (nSPS) is 31.2. The van der Waals surface area contributed by atoms with Crippen LogP contribution in [-0.2, 0) is 0 Å². The van der Waals surface area contributed by atoms with Crippen molar-refractivity contribution >= 4 is 6.01 Å². The second-order valence-electron chi connectivity index (χ2n) is 7.87. The second kappa shape index (κ2) is 7.58. The van der Waals surface area contributed by atoms with E-state index in [2.05, 4.69) is 38.7 Å². The van der Waals surface area contributed by atoms with Crippen molar-refractivity contribution in [1.82, 2.24) is 0 Å². The molecule has 2 heteroatoms. The highest BCUT2D eigenvalue weighted by molar-refractivity contribution is 5.43. The fraction of sp³-hybridized carbons (Fsp3) is 0.947. The molecule has 0 bridgehead atoms. The smallest absolute Gasteiger partial charge is 0.0901 e. The molecule has 2 fully saturated rings. The van der Waals surface area contributed by atoms with Crippen molar-refractivity contribution in [3.05, 3.63) is 0 Å². The van der Waals surface area contributed by atoms with Crippen LogP contribution in [-0.4, -0.2) is 17.6 Å². The van der Waals surface area contributed by atoms with E-state index in [0.717, 1.165) is 0 Å². The first kappa shape index (κ1) is 16.7. The molecule has 0 aliphatic heterocycles. The molecule has 2 atom stereocenters. The van der Waals surface area contributed by atoms with Gasteiger partial charge in [0.25, 0.3) is 0 Å². The highest BCUT2D eigenvalue weighted by Gasteiger charge is 2.44. The van der Waals surface area contributed by atoms with Gasteiger partial charge in [0.2, 0.25) is 0 Å². The van der Waals surface area contributed by atoms with Gasteiger partial charge in [0.1, 0.15) is 0 Å². The standard InChI is InChI=1S/C19H34N2/c1-15(2)18-12-8-9-13-19(18,16(3)4)21-14-20-17-10-6-5-7-11-17/h15-18H,5-13H2,1-4H3. The average molecular weight is 290 g/mol. The van der Waals surface area contributed by atoms with Crippen LogP contribution in [0.2, 0.25) is 0 Å². The van der Waals surface area contributed by atoms with Gasteiger partial charge in [-0.3, -0.25) is 0 Å². The van der Waals surface area contributed by atoms with E-state index in [0.29, 0.717) is 23.8 Å². The van der Waals surface area contributed by atoms with Gasteiger partial charge >= 0.3 is 0 Å². The van der Waals surface area contributed by atoms with Gasteiger partial charge in [-0.25, -0.2) is 9.98 Å². The maximum absolute atomic E-state index is 4.99. The van der Waals surface area contributed by atoms with E-state index in [1.54, 1.807) is 0 Å². The van der Waals surface area contributed by atoms with Crippen LogP contribution in [0.15, 0.2) is 9.98 Å². The molecule has 2 aliphatic rings. The van der Waals surface area contributed by atoms with Crippen molar-refractivity contribution in [3.63, 3.8) is 0 Å². The molecule has 2 saturated carbocycles. The summed E-state index contributed by atoms with van der Waals surface area (Å²) < 4.78 is 0. The van der Waals surface area contributed by atoms with E-state index in [9.17, 15) is 0 Å². The molecule has 2 nitrogen and oxygen atoms in total. The van der Waals surface area contributed by atoms with Crippen LogP contribution in [0.3, 0.4) is 0 Å². The Labute approximate surface area is 131 Å². The maximum atomic E-state index is 4.99. The van der Waals surface area contributed by atoms with Crippen molar-refractivity contribution in [2.75, 3.05) is 0 Å². The van der Waals surface area contributed by atoms with Gasteiger partial charge in [-0.2, -0.15) is 0 Å². The molecule has 0 radical (unpaired) electrons. The third kappa shape index (κ3) is 3.97. The lowest BCUT2D eigenvalue weighted by molar-refractivity contribution is 0.0997. The second-order valence-corrected chi connectivity index (χ2v) is 7.87. The molecule has 2 rings (SSSR count). The van der Waals surface area contributed by atoms with E-state index in [-0.39, 0.29) is 5.54 Å². The van der Waals surface area contributed by atoms with Crippen LogP contribution < -0.4 is 0 Å². The van der Waals surface area contributed by atoms with E-state index in [1.807, 2.05) is 0 Å². The van der Waals surface area contributed by atoms with Crippen molar-refractivity contribution in [2.45, 2.75) is 97.1 Å². The molecule has 2 aliphatic carbocycles. The fourth-order valence-corrected chi connectivity index (χ4v) is 4.52. The van der Waals surface area contributed by atoms with Crippen LogP contribution in [0.25, 0.3) is 0 Å². The highest BCUT2D eigenvalue weighted by atomic mass is 14.9. The molecule has 0 aromatic heterocycles. The Balaban J connectivity index is 2.17. The zero-order valence-electron chi connectivity index (χ0n) is 14.6. The Hall–Kier alpha value is -0.620. The molecule has 0 saturated heterocycles. The monoisotopic (exact) mass is 290 g/mol. The fourth-order valence-electron chi connectivity index (χ4n) is 4.52. The highest BCUT2D eigenvalue weighted by Crippen LogP contribution is 2.45. The van der Waals surface area contributed by atoms with Crippen LogP contribution in [0.1, 0.15) is 85.5 Å². The number of rotatable bonds is 4. The summed E-state index contributed by atoms with van der Waals surface area (Å²) in [5.41, 5.74) is 0.0879. The minimum atomic E-state index is 0.0879. The lowest BCUT2D eigenvalue weighted by atomic mass is 9.63. The summed E-state index contributed by atoms with van der Waals surface area (Å²) >= 11 is 0. The molecular formula is C19H34N2. The summed E-state index contributed by atoms with van der Waals surface area (Å²) in [5, 5.41) is 0. The summed E-state index contributed by atoms with van der Waals surface area (Å²) in [7, 11) is 0. The summed E-state index contributed by atoms with van der Waals surface area (Å²) in [4.78, 5) is 9.68. The third-order valence-corrected chi connectivity index (χ3v) is 5.86. The lowest BCUT2D eigenvalue weighted by Crippen LogP contribution is -2.46.